The molecule has 1 saturated heterocycles. The minimum atomic E-state index is -0.238. The summed E-state index contributed by atoms with van der Waals surface area (Å²) in [5.74, 6) is 0.427. The van der Waals surface area contributed by atoms with Crippen molar-refractivity contribution in [1.29, 1.82) is 0 Å². The molecule has 1 N–H and O–H groups in total. The van der Waals surface area contributed by atoms with Crippen LogP contribution < -0.4 is 5.32 Å². The maximum Gasteiger partial charge on any atom is 0.409 e. The molecule has 1 aromatic rings. The molecular weight excluding hydrogens is 316 g/mol. The summed E-state index contributed by atoms with van der Waals surface area (Å²) in [6.07, 6.45) is 2.59. The van der Waals surface area contributed by atoms with Gasteiger partial charge in [0.15, 0.2) is 0 Å². The molecule has 5 heteroatoms. The predicted octanol–water partition coefficient (Wildman–Crippen LogP) is 3.30. The quantitative estimate of drug-likeness (QED) is 0.860. The maximum absolute atomic E-state index is 12.1. The van der Waals surface area contributed by atoms with Crippen LogP contribution >= 0.6 is 0 Å². The van der Waals surface area contributed by atoms with E-state index >= 15 is 0 Å². The third-order valence-corrected chi connectivity index (χ3v) is 4.42. The number of piperidine rings is 1. The molecule has 2 rings (SSSR count). The molecule has 2 amide bonds. The van der Waals surface area contributed by atoms with E-state index in [0.717, 1.165) is 19.3 Å². The predicted molar refractivity (Wildman–Crippen MR) is 98.4 cm³/mol. The molecule has 0 spiro atoms. The van der Waals surface area contributed by atoms with Crippen molar-refractivity contribution >= 4 is 12.0 Å². The molecule has 0 saturated carbocycles. The molecule has 0 aliphatic carbocycles. The zero-order chi connectivity index (χ0) is 18.2. The molecule has 138 valence electrons. The largest absolute Gasteiger partial charge is 0.449 e. The average molecular weight is 346 g/mol. The highest BCUT2D eigenvalue weighted by Crippen LogP contribution is 2.13. The average Bonchev–Trinajstić information content (AvgIpc) is 2.60. The standard InChI is InChI=1S/C20H30N2O3/c1-15(2)14-25-20(24)22-12-10-18(11-13-22)21-19(23)9-8-17-6-4-16(3)5-7-17/h4-7,15,18H,8-14H2,1-3H3,(H,21,23). The summed E-state index contributed by atoms with van der Waals surface area (Å²) in [7, 11) is 0. The van der Waals surface area contributed by atoms with Gasteiger partial charge in [-0.25, -0.2) is 4.79 Å². The lowest BCUT2D eigenvalue weighted by atomic mass is 10.0. The number of hydrogen-bond donors (Lipinski definition) is 1. The first kappa shape index (κ1) is 19.3. The van der Waals surface area contributed by atoms with Gasteiger partial charge in [-0.15, -0.1) is 0 Å². The highest BCUT2D eigenvalue weighted by Gasteiger charge is 2.24. The van der Waals surface area contributed by atoms with E-state index in [2.05, 4.69) is 36.5 Å². The number of ether oxygens (including phenoxy) is 1. The third-order valence-electron chi connectivity index (χ3n) is 4.42. The van der Waals surface area contributed by atoms with Gasteiger partial charge in [0, 0.05) is 25.6 Å². The fourth-order valence-electron chi connectivity index (χ4n) is 2.85. The SMILES string of the molecule is Cc1ccc(CCC(=O)NC2CCN(C(=O)OCC(C)C)CC2)cc1. The first-order chi connectivity index (χ1) is 11.9. The summed E-state index contributed by atoms with van der Waals surface area (Å²) in [6, 6.07) is 8.44. The van der Waals surface area contributed by atoms with Crippen molar-refractivity contribution < 1.29 is 14.3 Å². The Hall–Kier alpha value is -2.04. The second-order valence-electron chi connectivity index (χ2n) is 7.29. The Labute approximate surface area is 150 Å². The van der Waals surface area contributed by atoms with Crippen LogP contribution in [0, 0.1) is 12.8 Å². The van der Waals surface area contributed by atoms with Crippen LogP contribution in [0.25, 0.3) is 0 Å². The lowest BCUT2D eigenvalue weighted by molar-refractivity contribution is -0.122. The molecule has 1 aliphatic rings. The van der Waals surface area contributed by atoms with Gasteiger partial charge in [-0.3, -0.25) is 4.79 Å². The Bertz CT molecular complexity index is 561. The number of aryl methyl sites for hydroxylation is 2. The summed E-state index contributed by atoms with van der Waals surface area (Å²) < 4.78 is 5.25. The molecule has 0 aromatic heterocycles. The van der Waals surface area contributed by atoms with Gasteiger partial charge in [0.25, 0.3) is 0 Å². The highest BCUT2D eigenvalue weighted by molar-refractivity contribution is 5.76. The molecule has 0 atom stereocenters. The monoisotopic (exact) mass is 346 g/mol. The van der Waals surface area contributed by atoms with Crippen molar-refractivity contribution in [2.75, 3.05) is 19.7 Å². The molecule has 1 aromatic carbocycles. The van der Waals surface area contributed by atoms with Gasteiger partial charge in [0.1, 0.15) is 0 Å². The Kier molecular flexibility index (Phi) is 7.29. The zero-order valence-corrected chi connectivity index (χ0v) is 15.6. The Morgan fingerprint density at radius 2 is 1.84 bits per heavy atom. The number of likely N-dealkylation sites (tertiary alicyclic amines) is 1. The van der Waals surface area contributed by atoms with Gasteiger partial charge in [-0.1, -0.05) is 43.7 Å². The summed E-state index contributed by atoms with van der Waals surface area (Å²) in [6.45, 7) is 7.83. The van der Waals surface area contributed by atoms with E-state index in [-0.39, 0.29) is 18.0 Å². The molecule has 0 radical (unpaired) electrons. The summed E-state index contributed by atoms with van der Waals surface area (Å²) in [5.41, 5.74) is 2.41. The molecule has 1 fully saturated rings. The van der Waals surface area contributed by atoms with E-state index in [1.807, 2.05) is 13.8 Å². The van der Waals surface area contributed by atoms with Gasteiger partial charge >= 0.3 is 6.09 Å². The highest BCUT2D eigenvalue weighted by atomic mass is 16.6. The second kappa shape index (κ2) is 9.44. The number of nitrogens with one attached hydrogen (secondary N) is 1. The van der Waals surface area contributed by atoms with Crippen molar-refractivity contribution in [3.8, 4) is 0 Å². The number of hydrogen-bond acceptors (Lipinski definition) is 3. The summed E-state index contributed by atoms with van der Waals surface area (Å²) in [5, 5.41) is 3.09. The van der Waals surface area contributed by atoms with Crippen LogP contribution in [0.15, 0.2) is 24.3 Å². The topological polar surface area (TPSA) is 58.6 Å². The first-order valence-electron chi connectivity index (χ1n) is 9.20. The number of rotatable bonds is 6. The second-order valence-corrected chi connectivity index (χ2v) is 7.29. The molecule has 25 heavy (non-hydrogen) atoms. The minimum absolute atomic E-state index is 0.0846. The number of carbonyl (C=O) groups excluding carboxylic acids is 2. The fraction of sp³-hybridized carbons (Fsp3) is 0.600. The third kappa shape index (κ3) is 6.77. The number of benzene rings is 1. The van der Waals surface area contributed by atoms with Crippen molar-refractivity contribution in [2.24, 2.45) is 5.92 Å². The van der Waals surface area contributed by atoms with Gasteiger partial charge < -0.3 is 15.0 Å². The zero-order valence-electron chi connectivity index (χ0n) is 15.6. The van der Waals surface area contributed by atoms with Crippen molar-refractivity contribution in [3.05, 3.63) is 35.4 Å². The molecule has 5 nitrogen and oxygen atoms in total. The number of nitrogens with zero attached hydrogens (tertiary/aromatic N) is 1. The van der Waals surface area contributed by atoms with Crippen LogP contribution in [0.2, 0.25) is 0 Å². The van der Waals surface area contributed by atoms with Gasteiger partial charge in [-0.05, 0) is 37.7 Å². The molecule has 0 unspecified atom stereocenters. The molecule has 0 bridgehead atoms. The van der Waals surface area contributed by atoms with Crippen LogP contribution in [-0.2, 0) is 16.0 Å². The van der Waals surface area contributed by atoms with Crippen LogP contribution in [0.1, 0.15) is 44.2 Å². The summed E-state index contributed by atoms with van der Waals surface area (Å²) >= 11 is 0. The van der Waals surface area contributed by atoms with Crippen molar-refractivity contribution in [2.45, 2.75) is 52.5 Å². The smallest absolute Gasteiger partial charge is 0.409 e. The van der Waals surface area contributed by atoms with Gasteiger partial charge in [0.2, 0.25) is 5.91 Å². The first-order valence-corrected chi connectivity index (χ1v) is 9.20. The Morgan fingerprint density at radius 1 is 1.20 bits per heavy atom. The van der Waals surface area contributed by atoms with E-state index in [1.54, 1.807) is 4.90 Å². The van der Waals surface area contributed by atoms with E-state index in [9.17, 15) is 9.59 Å². The van der Waals surface area contributed by atoms with Crippen LogP contribution in [0.4, 0.5) is 4.79 Å². The van der Waals surface area contributed by atoms with Crippen LogP contribution in [-0.4, -0.2) is 42.6 Å². The van der Waals surface area contributed by atoms with Crippen LogP contribution in [0.5, 0.6) is 0 Å². The molecule has 1 heterocycles. The lowest BCUT2D eigenvalue weighted by Crippen LogP contribution is -2.46. The van der Waals surface area contributed by atoms with Gasteiger partial charge in [-0.2, -0.15) is 0 Å². The molecular formula is C20H30N2O3. The van der Waals surface area contributed by atoms with E-state index in [1.165, 1.54) is 11.1 Å². The van der Waals surface area contributed by atoms with Crippen LogP contribution in [0.3, 0.4) is 0 Å². The minimum Gasteiger partial charge on any atom is -0.449 e. The van der Waals surface area contributed by atoms with E-state index in [4.69, 9.17) is 4.74 Å². The molecule has 1 aliphatic heterocycles. The summed E-state index contributed by atoms with van der Waals surface area (Å²) in [4.78, 5) is 25.8. The van der Waals surface area contributed by atoms with E-state index in [0.29, 0.717) is 32.0 Å². The normalized spacial score (nSPS) is 15.3. The van der Waals surface area contributed by atoms with Crippen molar-refractivity contribution in [3.63, 3.8) is 0 Å². The van der Waals surface area contributed by atoms with Gasteiger partial charge in [0.05, 0.1) is 6.61 Å². The number of carbonyl (C=O) groups is 2. The fourth-order valence-corrected chi connectivity index (χ4v) is 2.85. The van der Waals surface area contributed by atoms with Crippen molar-refractivity contribution in [1.82, 2.24) is 10.2 Å². The maximum atomic E-state index is 12.1. The number of amides is 2. The Balaban J connectivity index is 1.66. The van der Waals surface area contributed by atoms with E-state index < -0.39 is 0 Å². The Morgan fingerprint density at radius 3 is 2.44 bits per heavy atom. The lowest BCUT2D eigenvalue weighted by Gasteiger charge is -2.31.